The molecular weight excluding hydrogens is 204 g/mol. The van der Waals surface area contributed by atoms with Crippen molar-refractivity contribution >= 4 is 5.78 Å². The van der Waals surface area contributed by atoms with Gasteiger partial charge in [0.2, 0.25) is 0 Å². The molecule has 0 saturated carbocycles. The summed E-state index contributed by atoms with van der Waals surface area (Å²) in [6, 6.07) is 7.17. The summed E-state index contributed by atoms with van der Waals surface area (Å²) in [6.45, 7) is 4.84. The molecule has 0 aliphatic heterocycles. The quantitative estimate of drug-likeness (QED) is 0.420. The van der Waals surface area contributed by atoms with Crippen LogP contribution in [0.15, 0.2) is 36.6 Å². The second-order valence-electron chi connectivity index (χ2n) is 3.05. The number of ether oxygens (including phenoxy) is 2. The number of para-hydroxylation sites is 1. The number of carbonyl (C=O) groups is 1. The van der Waals surface area contributed by atoms with E-state index in [9.17, 15) is 4.79 Å². The van der Waals surface area contributed by atoms with Crippen molar-refractivity contribution in [1.82, 2.24) is 0 Å². The fraction of sp³-hybridized carbons (Fsp3) is 0.308. The molecule has 0 aliphatic carbocycles. The highest BCUT2D eigenvalue weighted by Gasteiger charge is 2.08. The Kier molecular flexibility index (Phi) is 5.12. The van der Waals surface area contributed by atoms with E-state index in [0.29, 0.717) is 24.5 Å². The van der Waals surface area contributed by atoms with Gasteiger partial charge in [-0.05, 0) is 26.0 Å². The Morgan fingerprint density at radius 2 is 2.00 bits per heavy atom. The van der Waals surface area contributed by atoms with Crippen LogP contribution in [0, 0.1) is 0 Å². The predicted octanol–water partition coefficient (Wildman–Crippen LogP) is 2.82. The highest BCUT2D eigenvalue weighted by molar-refractivity contribution is 6.06. The molecule has 0 amide bonds. The van der Waals surface area contributed by atoms with E-state index in [1.54, 1.807) is 12.1 Å². The number of benzene rings is 1. The average molecular weight is 220 g/mol. The molecule has 3 heteroatoms. The molecule has 1 aromatic carbocycles. The van der Waals surface area contributed by atoms with Gasteiger partial charge in [-0.25, -0.2) is 0 Å². The summed E-state index contributed by atoms with van der Waals surface area (Å²) in [6.07, 6.45) is 2.81. The van der Waals surface area contributed by atoms with E-state index in [0.717, 1.165) is 0 Å². The third kappa shape index (κ3) is 3.42. The molecule has 1 aromatic rings. The lowest BCUT2D eigenvalue weighted by Gasteiger charge is -2.06. The Hall–Kier alpha value is -1.77. The molecule has 1 rings (SSSR count). The molecule has 0 N–H and O–H groups in total. The van der Waals surface area contributed by atoms with E-state index in [1.165, 1.54) is 12.3 Å². The Morgan fingerprint density at radius 3 is 2.69 bits per heavy atom. The monoisotopic (exact) mass is 220 g/mol. The predicted molar refractivity (Wildman–Crippen MR) is 62.7 cm³/mol. The molecule has 3 nitrogen and oxygen atoms in total. The molecule has 0 saturated heterocycles. The van der Waals surface area contributed by atoms with Gasteiger partial charge in [0.05, 0.1) is 25.0 Å². The first-order chi connectivity index (χ1) is 7.79. The normalized spacial score (nSPS) is 10.4. The van der Waals surface area contributed by atoms with E-state index in [1.807, 2.05) is 26.0 Å². The number of allylic oxidation sites excluding steroid dienone is 1. The van der Waals surface area contributed by atoms with Crippen LogP contribution < -0.4 is 4.74 Å². The van der Waals surface area contributed by atoms with Crippen molar-refractivity contribution in [3.8, 4) is 5.75 Å². The summed E-state index contributed by atoms with van der Waals surface area (Å²) in [5.41, 5.74) is 0.556. The maximum absolute atomic E-state index is 11.8. The van der Waals surface area contributed by atoms with E-state index < -0.39 is 0 Å². The Balaban J connectivity index is 2.81. The Labute approximate surface area is 95.7 Å². The average Bonchev–Trinajstić information content (AvgIpc) is 2.30. The van der Waals surface area contributed by atoms with Crippen LogP contribution in [0.5, 0.6) is 5.75 Å². The van der Waals surface area contributed by atoms with Crippen LogP contribution in [0.1, 0.15) is 24.2 Å². The molecule has 0 bridgehead atoms. The first-order valence-electron chi connectivity index (χ1n) is 5.33. The van der Waals surface area contributed by atoms with Gasteiger partial charge in [0.15, 0.2) is 5.78 Å². The summed E-state index contributed by atoms with van der Waals surface area (Å²) >= 11 is 0. The first-order valence-corrected chi connectivity index (χ1v) is 5.33. The smallest absolute Gasteiger partial charge is 0.192 e. The van der Waals surface area contributed by atoms with Gasteiger partial charge in [-0.1, -0.05) is 12.1 Å². The fourth-order valence-electron chi connectivity index (χ4n) is 1.25. The van der Waals surface area contributed by atoms with Gasteiger partial charge in [0.1, 0.15) is 5.75 Å². The van der Waals surface area contributed by atoms with Crippen molar-refractivity contribution in [3.63, 3.8) is 0 Å². The number of ketones is 1. The van der Waals surface area contributed by atoms with Crippen LogP contribution >= 0.6 is 0 Å². The highest BCUT2D eigenvalue weighted by atomic mass is 16.5. The molecule has 86 valence electrons. The molecular formula is C13H16O3. The molecule has 0 atom stereocenters. The summed E-state index contributed by atoms with van der Waals surface area (Å²) < 4.78 is 10.4. The van der Waals surface area contributed by atoms with Gasteiger partial charge in [0.25, 0.3) is 0 Å². The molecule has 0 aromatic heterocycles. The number of carbonyl (C=O) groups excluding carboxylic acids is 1. The van der Waals surface area contributed by atoms with Gasteiger partial charge in [0, 0.05) is 6.08 Å². The van der Waals surface area contributed by atoms with Crippen molar-refractivity contribution in [1.29, 1.82) is 0 Å². The number of rotatable bonds is 6. The van der Waals surface area contributed by atoms with Gasteiger partial charge < -0.3 is 9.47 Å². The Morgan fingerprint density at radius 1 is 1.25 bits per heavy atom. The minimum Gasteiger partial charge on any atom is -0.501 e. The lowest BCUT2D eigenvalue weighted by atomic mass is 10.1. The largest absolute Gasteiger partial charge is 0.501 e. The van der Waals surface area contributed by atoms with E-state index >= 15 is 0 Å². The third-order valence-electron chi connectivity index (χ3n) is 1.93. The molecule has 0 aliphatic rings. The van der Waals surface area contributed by atoms with Crippen molar-refractivity contribution in [2.45, 2.75) is 13.8 Å². The van der Waals surface area contributed by atoms with Crippen molar-refractivity contribution < 1.29 is 14.3 Å². The summed E-state index contributed by atoms with van der Waals surface area (Å²) in [4.78, 5) is 11.8. The topological polar surface area (TPSA) is 35.5 Å². The van der Waals surface area contributed by atoms with Gasteiger partial charge in [-0.15, -0.1) is 0 Å². The summed E-state index contributed by atoms with van der Waals surface area (Å²) in [5.74, 6) is 0.494. The van der Waals surface area contributed by atoms with Crippen LogP contribution in [-0.2, 0) is 4.74 Å². The number of hydrogen-bond acceptors (Lipinski definition) is 3. The fourth-order valence-corrected chi connectivity index (χ4v) is 1.25. The number of hydrogen-bond donors (Lipinski definition) is 0. The van der Waals surface area contributed by atoms with Crippen molar-refractivity contribution in [3.05, 3.63) is 42.2 Å². The zero-order valence-electron chi connectivity index (χ0n) is 9.60. The first kappa shape index (κ1) is 12.3. The maximum Gasteiger partial charge on any atom is 0.192 e. The zero-order valence-corrected chi connectivity index (χ0v) is 9.60. The highest BCUT2D eigenvalue weighted by Crippen LogP contribution is 2.18. The Bertz CT molecular complexity index is 369. The minimum atomic E-state index is -0.113. The lowest BCUT2D eigenvalue weighted by molar-refractivity contribution is 0.103. The second kappa shape index (κ2) is 6.67. The van der Waals surface area contributed by atoms with Crippen molar-refractivity contribution in [2.24, 2.45) is 0 Å². The van der Waals surface area contributed by atoms with Crippen LogP contribution in [0.3, 0.4) is 0 Å². The van der Waals surface area contributed by atoms with Crippen LogP contribution in [-0.4, -0.2) is 19.0 Å². The van der Waals surface area contributed by atoms with E-state index in [2.05, 4.69) is 0 Å². The third-order valence-corrected chi connectivity index (χ3v) is 1.93. The maximum atomic E-state index is 11.8. The molecule has 0 radical (unpaired) electrons. The van der Waals surface area contributed by atoms with E-state index in [4.69, 9.17) is 9.47 Å². The lowest BCUT2D eigenvalue weighted by Crippen LogP contribution is -2.01. The van der Waals surface area contributed by atoms with Crippen LogP contribution in [0.4, 0.5) is 0 Å². The SMILES string of the molecule is CCOC=CC(=O)c1ccccc1OCC. The van der Waals surface area contributed by atoms with Gasteiger partial charge in [-0.2, -0.15) is 0 Å². The standard InChI is InChI=1S/C13H16O3/c1-3-15-10-9-12(14)11-7-5-6-8-13(11)16-4-2/h5-10H,3-4H2,1-2H3. The van der Waals surface area contributed by atoms with Gasteiger partial charge >= 0.3 is 0 Å². The molecule has 0 unspecified atom stereocenters. The molecule has 0 heterocycles. The molecule has 0 spiro atoms. The minimum absolute atomic E-state index is 0.113. The van der Waals surface area contributed by atoms with Crippen LogP contribution in [0.25, 0.3) is 0 Å². The van der Waals surface area contributed by atoms with E-state index in [-0.39, 0.29) is 5.78 Å². The van der Waals surface area contributed by atoms with Gasteiger partial charge in [-0.3, -0.25) is 4.79 Å². The van der Waals surface area contributed by atoms with Crippen LogP contribution in [0.2, 0.25) is 0 Å². The van der Waals surface area contributed by atoms with Crippen molar-refractivity contribution in [2.75, 3.05) is 13.2 Å². The second-order valence-corrected chi connectivity index (χ2v) is 3.05. The zero-order chi connectivity index (χ0) is 11.8. The summed E-state index contributed by atoms with van der Waals surface area (Å²) in [5, 5.41) is 0. The molecule has 16 heavy (non-hydrogen) atoms. The molecule has 0 fully saturated rings. The summed E-state index contributed by atoms with van der Waals surface area (Å²) in [7, 11) is 0.